The van der Waals surface area contributed by atoms with Crippen molar-refractivity contribution in [3.05, 3.63) is 89.0 Å². The summed E-state index contributed by atoms with van der Waals surface area (Å²) in [5.74, 6) is 0.575. The summed E-state index contributed by atoms with van der Waals surface area (Å²) in [4.78, 5) is 11.0. The number of carboxylic acid groups (broad SMARTS) is 1. The molecular formula is C29H34O6. The predicted octanol–water partition coefficient (Wildman–Crippen LogP) is 5.25. The summed E-state index contributed by atoms with van der Waals surface area (Å²) in [6, 6.07) is 21.5. The van der Waals surface area contributed by atoms with Crippen LogP contribution < -0.4 is 14.2 Å². The van der Waals surface area contributed by atoms with E-state index >= 15 is 0 Å². The molecule has 2 N–H and O–H groups in total. The average molecular weight is 479 g/mol. The number of hydrogen-bond acceptors (Lipinski definition) is 5. The third kappa shape index (κ3) is 7.23. The minimum absolute atomic E-state index is 0.00511. The summed E-state index contributed by atoms with van der Waals surface area (Å²) in [6.07, 6.45) is 2.56. The lowest BCUT2D eigenvalue weighted by Gasteiger charge is -2.25. The molecule has 3 rings (SSSR count). The van der Waals surface area contributed by atoms with Crippen molar-refractivity contribution in [2.75, 3.05) is 21.3 Å². The van der Waals surface area contributed by atoms with Crippen LogP contribution in [0.25, 0.3) is 0 Å². The van der Waals surface area contributed by atoms with E-state index in [-0.39, 0.29) is 12.3 Å². The lowest BCUT2D eigenvalue weighted by atomic mass is 9.85. The first-order chi connectivity index (χ1) is 16.9. The maximum atomic E-state index is 11.5. The van der Waals surface area contributed by atoms with Crippen LogP contribution in [0.5, 0.6) is 17.2 Å². The van der Waals surface area contributed by atoms with Gasteiger partial charge < -0.3 is 24.4 Å². The number of hydrogen-bond donors (Lipinski definition) is 2. The molecular weight excluding hydrogens is 444 g/mol. The highest BCUT2D eigenvalue weighted by atomic mass is 16.5. The smallest absolute Gasteiger partial charge is 0.307 e. The third-order valence-corrected chi connectivity index (χ3v) is 6.23. The Hall–Kier alpha value is -3.51. The topological polar surface area (TPSA) is 85.2 Å². The van der Waals surface area contributed by atoms with Crippen molar-refractivity contribution in [3.63, 3.8) is 0 Å². The van der Waals surface area contributed by atoms with Crippen molar-refractivity contribution in [1.82, 2.24) is 0 Å². The minimum Gasteiger partial charge on any atom is -0.493 e. The Kier molecular flexibility index (Phi) is 9.56. The SMILES string of the molecule is COc1cc(C(O)C(CCCc2ccccc2)Cc2ccc(CC(=O)O)cc2)cc(OC)c1OC. The molecule has 0 aliphatic heterocycles. The molecule has 6 nitrogen and oxygen atoms in total. The van der Waals surface area contributed by atoms with E-state index in [1.165, 1.54) is 5.56 Å². The van der Waals surface area contributed by atoms with Gasteiger partial charge in [-0.05, 0) is 66.0 Å². The monoisotopic (exact) mass is 478 g/mol. The summed E-state index contributed by atoms with van der Waals surface area (Å²) in [7, 11) is 4.67. The van der Waals surface area contributed by atoms with Crippen molar-refractivity contribution in [2.24, 2.45) is 5.92 Å². The zero-order valence-corrected chi connectivity index (χ0v) is 20.6. The van der Waals surface area contributed by atoms with E-state index in [2.05, 4.69) is 12.1 Å². The minimum atomic E-state index is -0.852. The van der Waals surface area contributed by atoms with E-state index in [4.69, 9.17) is 19.3 Å². The number of aryl methyl sites for hydroxylation is 1. The van der Waals surface area contributed by atoms with Gasteiger partial charge in [-0.2, -0.15) is 0 Å². The number of carboxylic acids is 1. The lowest BCUT2D eigenvalue weighted by Crippen LogP contribution is -2.16. The highest BCUT2D eigenvalue weighted by molar-refractivity contribution is 5.70. The van der Waals surface area contributed by atoms with Crippen molar-refractivity contribution in [2.45, 2.75) is 38.2 Å². The fourth-order valence-corrected chi connectivity index (χ4v) is 4.40. The van der Waals surface area contributed by atoms with Gasteiger partial charge in [-0.15, -0.1) is 0 Å². The molecule has 0 aliphatic carbocycles. The number of benzene rings is 3. The Bertz CT molecular complexity index is 1050. The molecule has 0 radical (unpaired) electrons. The summed E-state index contributed by atoms with van der Waals surface area (Å²) in [5, 5.41) is 20.5. The molecule has 0 aromatic heterocycles. The van der Waals surface area contributed by atoms with Gasteiger partial charge in [0.25, 0.3) is 0 Å². The van der Waals surface area contributed by atoms with Crippen LogP contribution in [-0.2, 0) is 24.1 Å². The van der Waals surface area contributed by atoms with Gasteiger partial charge in [-0.1, -0.05) is 54.6 Å². The fraction of sp³-hybridized carbons (Fsp3) is 0.345. The van der Waals surface area contributed by atoms with E-state index in [1.54, 1.807) is 33.5 Å². The van der Waals surface area contributed by atoms with Gasteiger partial charge in [0.15, 0.2) is 11.5 Å². The van der Waals surface area contributed by atoms with Gasteiger partial charge in [-0.3, -0.25) is 4.79 Å². The van der Waals surface area contributed by atoms with Crippen LogP contribution in [0.1, 0.15) is 41.2 Å². The fourth-order valence-electron chi connectivity index (χ4n) is 4.40. The standard InChI is InChI=1S/C29H34O6/c1-33-25-18-24(19-26(34-2)29(25)35-3)28(32)23(11-7-10-20-8-5-4-6-9-20)16-21-12-14-22(15-13-21)17-27(30)31/h4-6,8-9,12-15,18-19,23,28,32H,7,10-11,16-17H2,1-3H3,(H,30,31). The summed E-state index contributed by atoms with van der Waals surface area (Å²) in [6.45, 7) is 0. The lowest BCUT2D eigenvalue weighted by molar-refractivity contribution is -0.136. The second-order valence-corrected chi connectivity index (χ2v) is 8.63. The molecule has 186 valence electrons. The Labute approximate surface area is 207 Å². The Morgan fingerprint density at radius 1 is 0.829 bits per heavy atom. The Balaban J connectivity index is 1.84. The molecule has 0 saturated heterocycles. The van der Waals surface area contributed by atoms with E-state index < -0.39 is 12.1 Å². The molecule has 2 atom stereocenters. The van der Waals surface area contributed by atoms with Gasteiger partial charge in [0.2, 0.25) is 5.75 Å². The number of carbonyl (C=O) groups is 1. The Morgan fingerprint density at radius 2 is 1.43 bits per heavy atom. The molecule has 3 aromatic carbocycles. The molecule has 2 unspecified atom stereocenters. The largest absolute Gasteiger partial charge is 0.493 e. The number of ether oxygens (including phenoxy) is 3. The first-order valence-electron chi connectivity index (χ1n) is 11.8. The van der Waals surface area contributed by atoms with Crippen LogP contribution >= 0.6 is 0 Å². The van der Waals surface area contributed by atoms with Crippen molar-refractivity contribution in [1.29, 1.82) is 0 Å². The molecule has 0 bridgehead atoms. The van der Waals surface area contributed by atoms with Gasteiger partial charge >= 0.3 is 5.97 Å². The van der Waals surface area contributed by atoms with Crippen LogP contribution in [-0.4, -0.2) is 37.5 Å². The zero-order valence-electron chi connectivity index (χ0n) is 20.6. The quantitative estimate of drug-likeness (QED) is 0.349. The normalized spacial score (nSPS) is 12.6. The maximum absolute atomic E-state index is 11.5. The number of aliphatic carboxylic acids is 1. The number of aliphatic hydroxyl groups is 1. The van der Waals surface area contributed by atoms with Crippen LogP contribution in [0.3, 0.4) is 0 Å². The van der Waals surface area contributed by atoms with Crippen LogP contribution in [0.4, 0.5) is 0 Å². The number of rotatable bonds is 13. The van der Waals surface area contributed by atoms with E-state index in [0.717, 1.165) is 30.4 Å². The van der Waals surface area contributed by atoms with Crippen LogP contribution in [0.2, 0.25) is 0 Å². The second kappa shape index (κ2) is 12.8. The molecule has 6 heteroatoms. The molecule has 0 spiro atoms. The first-order valence-corrected chi connectivity index (χ1v) is 11.8. The van der Waals surface area contributed by atoms with E-state index in [9.17, 15) is 9.90 Å². The summed E-state index contributed by atoms with van der Waals surface area (Å²) >= 11 is 0. The van der Waals surface area contributed by atoms with Gasteiger partial charge in [0.1, 0.15) is 0 Å². The molecule has 0 fully saturated rings. The first kappa shape index (κ1) is 26.1. The summed E-state index contributed by atoms with van der Waals surface area (Å²) < 4.78 is 16.4. The van der Waals surface area contributed by atoms with Crippen molar-refractivity contribution >= 4 is 5.97 Å². The summed E-state index contributed by atoms with van der Waals surface area (Å²) in [5.41, 5.74) is 3.78. The highest BCUT2D eigenvalue weighted by Crippen LogP contribution is 2.41. The molecule has 35 heavy (non-hydrogen) atoms. The van der Waals surface area contributed by atoms with Crippen LogP contribution in [0.15, 0.2) is 66.7 Å². The molecule has 3 aromatic rings. The van der Waals surface area contributed by atoms with E-state index in [0.29, 0.717) is 29.2 Å². The van der Waals surface area contributed by atoms with Crippen LogP contribution in [0, 0.1) is 5.92 Å². The molecule has 0 heterocycles. The highest BCUT2D eigenvalue weighted by Gasteiger charge is 2.25. The maximum Gasteiger partial charge on any atom is 0.307 e. The van der Waals surface area contributed by atoms with E-state index in [1.807, 2.05) is 42.5 Å². The van der Waals surface area contributed by atoms with Crippen molar-refractivity contribution < 1.29 is 29.2 Å². The molecule has 0 saturated carbocycles. The third-order valence-electron chi connectivity index (χ3n) is 6.23. The molecule has 0 aliphatic rings. The Morgan fingerprint density at radius 3 is 1.97 bits per heavy atom. The van der Waals surface area contributed by atoms with Gasteiger partial charge in [-0.25, -0.2) is 0 Å². The average Bonchev–Trinajstić information content (AvgIpc) is 2.88. The van der Waals surface area contributed by atoms with Gasteiger partial charge in [0.05, 0.1) is 33.9 Å². The van der Waals surface area contributed by atoms with Crippen molar-refractivity contribution in [3.8, 4) is 17.2 Å². The predicted molar refractivity (Wildman–Crippen MR) is 135 cm³/mol. The van der Waals surface area contributed by atoms with Gasteiger partial charge in [0, 0.05) is 0 Å². The zero-order chi connectivity index (χ0) is 25.2. The second-order valence-electron chi connectivity index (χ2n) is 8.63. The molecule has 0 amide bonds. The number of aliphatic hydroxyl groups excluding tert-OH is 1. The number of methoxy groups -OCH3 is 3.